The van der Waals surface area contributed by atoms with E-state index in [1.165, 1.54) is 0 Å². The zero-order valence-corrected chi connectivity index (χ0v) is 30.4. The van der Waals surface area contributed by atoms with Crippen LogP contribution < -0.4 is 38.5 Å². The molecule has 282 valence electrons. The zero-order valence-electron chi connectivity index (χ0n) is 30.4. The van der Waals surface area contributed by atoms with Crippen molar-refractivity contribution >= 4 is 41.4 Å². The fourth-order valence-electron chi connectivity index (χ4n) is 6.21. The van der Waals surface area contributed by atoms with E-state index in [9.17, 15) is 28.8 Å². The van der Waals surface area contributed by atoms with Crippen molar-refractivity contribution in [2.75, 3.05) is 13.1 Å². The summed E-state index contributed by atoms with van der Waals surface area (Å²) in [5.74, 6) is -3.60. The van der Waals surface area contributed by atoms with E-state index in [0.29, 0.717) is 38.6 Å². The smallest absolute Gasteiger partial charge is 0.243 e. The van der Waals surface area contributed by atoms with E-state index in [1.807, 2.05) is 26.0 Å². The van der Waals surface area contributed by atoms with Crippen LogP contribution in [0.2, 0.25) is 0 Å². The number of nitrogens with two attached hydrogens (primary N) is 3. The van der Waals surface area contributed by atoms with Crippen LogP contribution in [-0.4, -0.2) is 89.6 Å². The molecule has 1 saturated heterocycles. The highest BCUT2D eigenvalue weighted by atomic mass is 16.2. The number of nitrogens with zero attached hydrogens (tertiary/aromatic N) is 2. The van der Waals surface area contributed by atoms with Crippen molar-refractivity contribution in [3.63, 3.8) is 0 Å². The molecule has 50 heavy (non-hydrogen) atoms. The minimum Gasteiger partial charge on any atom is -0.370 e. The maximum absolute atomic E-state index is 13.9. The molecule has 2 heterocycles. The van der Waals surface area contributed by atoms with Crippen LogP contribution in [0.25, 0.3) is 0 Å². The number of nitrogens with one attached hydrogen (secondary N) is 4. The molecule has 0 aromatic carbocycles. The lowest BCUT2D eigenvalue weighted by molar-refractivity contribution is -0.140. The van der Waals surface area contributed by atoms with Crippen LogP contribution in [-0.2, 0) is 28.8 Å². The average Bonchev–Trinajstić information content (AvgIpc) is 3.56. The summed E-state index contributed by atoms with van der Waals surface area (Å²) in [5, 5.41) is 11.1. The highest BCUT2D eigenvalue weighted by Crippen LogP contribution is 2.21. The third-order valence-corrected chi connectivity index (χ3v) is 9.45. The fourth-order valence-corrected chi connectivity index (χ4v) is 6.21. The summed E-state index contributed by atoms with van der Waals surface area (Å²) < 4.78 is 0. The number of hydrogen-bond donors (Lipinski definition) is 7. The van der Waals surface area contributed by atoms with Crippen molar-refractivity contribution in [2.24, 2.45) is 34.0 Å². The lowest BCUT2D eigenvalue weighted by Gasteiger charge is -2.30. The standard InChI is InChI=1S/C35H61N9O6/c1-5-23(4)29-34(50)41-24(31(47)40-25(17-14-20-39-35(37)38)32(48)42-28(22(2)3)30(36)46)16-12-10-8-6-7-9-11-13-19-27(45)44-21-15-18-26(44)33(49)43-29/h10,12,22-26,28-29H,5-9,11,13-21H2,1-4H3,(H2,36,46)(H,40,47)(H,41,50)(H,42,48)(H,43,49)(H4,37,38,39). The second-order valence-electron chi connectivity index (χ2n) is 13.8. The molecule has 0 aliphatic carbocycles. The molecule has 2 aliphatic rings. The summed E-state index contributed by atoms with van der Waals surface area (Å²) >= 11 is 0. The molecule has 6 unspecified atom stereocenters. The number of rotatable bonds is 12. The van der Waals surface area contributed by atoms with Gasteiger partial charge in [0.25, 0.3) is 0 Å². The summed E-state index contributed by atoms with van der Waals surface area (Å²) in [6, 6.07) is -4.76. The first-order valence-corrected chi connectivity index (χ1v) is 18.3. The lowest BCUT2D eigenvalue weighted by atomic mass is 9.97. The third kappa shape index (κ3) is 14.0. The Kier molecular flexibility index (Phi) is 18.3. The Hall–Kier alpha value is -4.17. The van der Waals surface area contributed by atoms with Crippen molar-refractivity contribution in [3.8, 4) is 0 Å². The minimum absolute atomic E-state index is 0.0443. The predicted molar refractivity (Wildman–Crippen MR) is 192 cm³/mol. The van der Waals surface area contributed by atoms with Gasteiger partial charge in [0.05, 0.1) is 0 Å². The van der Waals surface area contributed by atoms with E-state index in [0.717, 1.165) is 38.5 Å². The Morgan fingerprint density at radius 1 is 0.940 bits per heavy atom. The van der Waals surface area contributed by atoms with Gasteiger partial charge < -0.3 is 43.4 Å². The molecule has 0 radical (unpaired) electrons. The molecule has 15 nitrogen and oxygen atoms in total. The molecular weight excluding hydrogens is 642 g/mol. The molecule has 10 N–H and O–H groups in total. The van der Waals surface area contributed by atoms with E-state index in [-0.39, 0.29) is 49.0 Å². The molecule has 1 fully saturated rings. The van der Waals surface area contributed by atoms with Crippen LogP contribution in [0, 0.1) is 11.8 Å². The van der Waals surface area contributed by atoms with Crippen LogP contribution in [0.3, 0.4) is 0 Å². The van der Waals surface area contributed by atoms with E-state index in [1.54, 1.807) is 18.7 Å². The van der Waals surface area contributed by atoms with Gasteiger partial charge in [-0.2, -0.15) is 0 Å². The number of guanidine groups is 1. The number of primary amides is 1. The molecular formula is C35H61N9O6. The lowest BCUT2D eigenvalue weighted by Crippen LogP contribution is -2.60. The third-order valence-electron chi connectivity index (χ3n) is 9.45. The molecule has 2 rings (SSSR count). The van der Waals surface area contributed by atoms with Gasteiger partial charge in [-0.05, 0) is 63.2 Å². The Balaban J connectivity index is 2.37. The van der Waals surface area contributed by atoms with Crippen LogP contribution >= 0.6 is 0 Å². The van der Waals surface area contributed by atoms with E-state index >= 15 is 0 Å². The largest absolute Gasteiger partial charge is 0.370 e. The molecule has 6 amide bonds. The summed E-state index contributed by atoms with van der Waals surface area (Å²) in [5.41, 5.74) is 16.4. The van der Waals surface area contributed by atoms with Gasteiger partial charge in [0.2, 0.25) is 35.4 Å². The number of amides is 6. The number of carbonyl (C=O) groups is 6. The first-order valence-electron chi connectivity index (χ1n) is 18.3. The summed E-state index contributed by atoms with van der Waals surface area (Å²) in [7, 11) is 0. The van der Waals surface area contributed by atoms with Gasteiger partial charge in [-0.1, -0.05) is 65.5 Å². The molecule has 2 aliphatic heterocycles. The minimum atomic E-state index is -1.09. The van der Waals surface area contributed by atoms with Crippen molar-refractivity contribution in [1.82, 2.24) is 26.2 Å². The number of allylic oxidation sites excluding steroid dienone is 1. The molecule has 0 aromatic heterocycles. The highest BCUT2D eigenvalue weighted by Gasteiger charge is 2.37. The van der Waals surface area contributed by atoms with E-state index in [4.69, 9.17) is 17.2 Å². The maximum Gasteiger partial charge on any atom is 0.243 e. The highest BCUT2D eigenvalue weighted by molar-refractivity contribution is 5.96. The van der Waals surface area contributed by atoms with Gasteiger partial charge in [0.1, 0.15) is 30.2 Å². The first kappa shape index (κ1) is 42.0. The molecule has 0 bridgehead atoms. The monoisotopic (exact) mass is 703 g/mol. The average molecular weight is 704 g/mol. The Morgan fingerprint density at radius 2 is 1.64 bits per heavy atom. The Bertz CT molecular complexity index is 1220. The van der Waals surface area contributed by atoms with Gasteiger partial charge in [0.15, 0.2) is 5.96 Å². The summed E-state index contributed by atoms with van der Waals surface area (Å²) in [6.45, 7) is 7.92. The zero-order chi connectivity index (χ0) is 37.2. The molecule has 0 saturated carbocycles. The second kappa shape index (κ2) is 21.8. The topological polar surface area (TPSA) is 244 Å². The molecule has 0 aromatic rings. The number of hydrogen-bond acceptors (Lipinski definition) is 7. The van der Waals surface area contributed by atoms with Crippen LogP contribution in [0.15, 0.2) is 17.1 Å². The first-order chi connectivity index (χ1) is 23.8. The Morgan fingerprint density at radius 3 is 2.30 bits per heavy atom. The maximum atomic E-state index is 13.9. The molecule has 6 atom stereocenters. The van der Waals surface area contributed by atoms with Crippen LogP contribution in [0.4, 0.5) is 0 Å². The molecule has 15 heteroatoms. The van der Waals surface area contributed by atoms with Crippen LogP contribution in [0.1, 0.15) is 111 Å². The van der Waals surface area contributed by atoms with Gasteiger partial charge in [-0.3, -0.25) is 33.8 Å². The van der Waals surface area contributed by atoms with Gasteiger partial charge in [-0.25, -0.2) is 0 Å². The molecule has 0 spiro atoms. The van der Waals surface area contributed by atoms with Gasteiger partial charge >= 0.3 is 0 Å². The van der Waals surface area contributed by atoms with E-state index in [2.05, 4.69) is 26.3 Å². The quantitative estimate of drug-likeness (QED) is 0.0663. The van der Waals surface area contributed by atoms with Gasteiger partial charge in [0, 0.05) is 19.5 Å². The van der Waals surface area contributed by atoms with Crippen molar-refractivity contribution in [3.05, 3.63) is 12.2 Å². The van der Waals surface area contributed by atoms with Crippen LogP contribution in [0.5, 0.6) is 0 Å². The number of aliphatic imine (C=N–C) groups is 1. The van der Waals surface area contributed by atoms with Gasteiger partial charge in [-0.15, -0.1) is 0 Å². The summed E-state index contributed by atoms with van der Waals surface area (Å²) in [4.78, 5) is 85.4. The predicted octanol–water partition coefficient (Wildman–Crippen LogP) is 0.848. The van der Waals surface area contributed by atoms with E-state index < -0.39 is 53.8 Å². The fraction of sp³-hybridized carbons (Fsp3) is 0.743. The SMILES string of the molecule is CCC(C)C1NC(=O)C2CCCN2C(=O)CCCCCCCC=CCC(C(=O)NC(CCCN=C(N)N)C(=O)NC(C(N)=O)C(C)C)NC1=O. The number of fused-ring (bicyclic) bond motifs is 1. The Labute approximate surface area is 296 Å². The van der Waals surface area contributed by atoms with Crippen molar-refractivity contribution in [2.45, 2.75) is 141 Å². The van der Waals surface area contributed by atoms with Crippen molar-refractivity contribution in [1.29, 1.82) is 0 Å². The second-order valence-corrected chi connectivity index (χ2v) is 13.8. The van der Waals surface area contributed by atoms with Crippen molar-refractivity contribution < 1.29 is 28.8 Å². The summed E-state index contributed by atoms with van der Waals surface area (Å²) in [6.07, 6.45) is 12.0. The number of carbonyl (C=O) groups excluding carboxylic acids is 6. The normalized spacial score (nSPS) is 23.2.